The van der Waals surface area contributed by atoms with E-state index in [4.69, 9.17) is 0 Å². The molecule has 13 nitrogen and oxygen atoms in total. The summed E-state index contributed by atoms with van der Waals surface area (Å²) in [5, 5.41) is 6.66. The molecule has 5 atom stereocenters. The van der Waals surface area contributed by atoms with Gasteiger partial charge in [-0.05, 0) is 261 Å². The predicted octanol–water partition coefficient (Wildman–Crippen LogP) is 16.0. The molecule has 5 amide bonds. The van der Waals surface area contributed by atoms with Gasteiger partial charge in [-0.2, -0.15) is 0 Å². The molecular weight excluding hydrogens is 1160 g/mol. The highest BCUT2D eigenvalue weighted by atomic mass is 16.2. The van der Waals surface area contributed by atoms with Crippen molar-refractivity contribution in [3.63, 3.8) is 0 Å². The van der Waals surface area contributed by atoms with E-state index in [1.807, 2.05) is 9.80 Å². The van der Waals surface area contributed by atoms with E-state index in [0.29, 0.717) is 48.2 Å². The van der Waals surface area contributed by atoms with Crippen LogP contribution in [0.3, 0.4) is 0 Å². The van der Waals surface area contributed by atoms with Crippen molar-refractivity contribution in [1.82, 2.24) is 40.0 Å². The Balaban J connectivity index is 0.000000202. The van der Waals surface area contributed by atoms with Gasteiger partial charge >= 0.3 is 6.03 Å². The summed E-state index contributed by atoms with van der Waals surface area (Å²) in [6.45, 7) is 38.6. The third-order valence-corrected chi connectivity index (χ3v) is 23.5. The van der Waals surface area contributed by atoms with E-state index in [0.717, 1.165) is 64.3 Å². The summed E-state index contributed by atoms with van der Waals surface area (Å²) in [6.07, 6.45) is 22.2. The van der Waals surface area contributed by atoms with Gasteiger partial charge in [0, 0.05) is 61.4 Å². The summed E-state index contributed by atoms with van der Waals surface area (Å²) in [5.41, 5.74) is 10.4. The smallest absolute Gasteiger partial charge is 0.317 e. The zero-order valence-corrected chi connectivity index (χ0v) is 61.2. The monoisotopic (exact) mass is 1300 g/mol. The molecule has 2 unspecified atom stereocenters. The molecule has 4 saturated heterocycles. The van der Waals surface area contributed by atoms with Crippen molar-refractivity contribution in [1.29, 1.82) is 0 Å². The number of carbonyl (C=O) groups excluding carboxylic acids is 5. The maximum Gasteiger partial charge on any atom is 0.317 e. The Morgan fingerprint density at radius 1 is 0.553 bits per heavy atom. The summed E-state index contributed by atoms with van der Waals surface area (Å²) in [6, 6.07) is 27.6. The zero-order chi connectivity index (χ0) is 67.8. The van der Waals surface area contributed by atoms with Crippen molar-refractivity contribution in [2.24, 2.45) is 28.1 Å². The quantitative estimate of drug-likeness (QED) is 0.154. The lowest BCUT2D eigenvalue weighted by Gasteiger charge is -2.49. The van der Waals surface area contributed by atoms with Gasteiger partial charge in [-0.25, -0.2) is 4.79 Å². The Labute approximate surface area is 572 Å². The Bertz CT molecular complexity index is 3030. The molecule has 13 heteroatoms. The Morgan fingerprint density at radius 3 is 1.47 bits per heavy atom. The average molecular weight is 1300 g/mol. The number of fused-ring (bicyclic) bond motifs is 6. The van der Waals surface area contributed by atoms with Crippen LogP contribution in [-0.2, 0) is 35.4 Å². The predicted molar refractivity (Wildman–Crippen MR) is 388 cm³/mol. The lowest BCUT2D eigenvalue weighted by atomic mass is 9.63. The Hall–Kier alpha value is -5.11. The molecule has 524 valence electrons. The van der Waals surface area contributed by atoms with Crippen LogP contribution in [-0.4, -0.2) is 151 Å². The summed E-state index contributed by atoms with van der Waals surface area (Å²) < 4.78 is 0. The maximum absolute atomic E-state index is 13.3. The molecule has 94 heavy (non-hydrogen) atoms. The minimum atomic E-state index is -0.0689. The van der Waals surface area contributed by atoms with Gasteiger partial charge in [0.15, 0.2) is 0 Å². The number of carbonyl (C=O) groups is 5. The van der Waals surface area contributed by atoms with E-state index in [1.165, 1.54) is 150 Å². The first-order valence-corrected chi connectivity index (χ1v) is 37.3. The second-order valence-corrected chi connectivity index (χ2v) is 34.4. The minimum Gasteiger partial charge on any atom is -0.349 e. The van der Waals surface area contributed by atoms with Gasteiger partial charge in [0.05, 0.1) is 24.0 Å². The molecule has 3 aromatic carbocycles. The first kappa shape index (κ1) is 73.1. The van der Waals surface area contributed by atoms with Crippen molar-refractivity contribution in [3.05, 3.63) is 106 Å². The highest BCUT2D eigenvalue weighted by Gasteiger charge is 2.47. The summed E-state index contributed by atoms with van der Waals surface area (Å²) in [5.74, 6) is 0.794. The van der Waals surface area contributed by atoms with Gasteiger partial charge < -0.3 is 44.8 Å². The number of hydrogen-bond acceptors (Lipinski definition) is 8. The molecular formula is C81H130N8O5. The van der Waals surface area contributed by atoms with Crippen molar-refractivity contribution in [3.8, 4) is 0 Å². The third kappa shape index (κ3) is 18.8. The van der Waals surface area contributed by atoms with Crippen LogP contribution >= 0.6 is 0 Å². The molecule has 4 aliphatic heterocycles. The summed E-state index contributed by atoms with van der Waals surface area (Å²) >= 11 is 0. The number of nitrogens with one attached hydrogen (secondary N) is 2. The number of benzene rings is 3. The van der Waals surface area contributed by atoms with Crippen LogP contribution < -0.4 is 10.6 Å². The number of rotatable bonds is 15. The zero-order valence-electron chi connectivity index (χ0n) is 61.2. The van der Waals surface area contributed by atoms with Gasteiger partial charge in [-0.1, -0.05) is 135 Å². The lowest BCUT2D eigenvalue weighted by Crippen LogP contribution is -2.49. The van der Waals surface area contributed by atoms with E-state index in [2.05, 4.69) is 174 Å². The van der Waals surface area contributed by atoms with E-state index in [1.54, 1.807) is 25.9 Å². The number of Topliss-reactive ketones (excluding diaryl/α,β-unsaturated/α-hetero) is 1. The highest BCUT2D eigenvalue weighted by Crippen LogP contribution is 2.52. The Kier molecular flexibility index (Phi) is 24.3. The first-order valence-electron chi connectivity index (χ1n) is 37.3. The molecule has 4 aliphatic carbocycles. The van der Waals surface area contributed by atoms with E-state index >= 15 is 0 Å². The molecule has 0 radical (unpaired) electrons. The van der Waals surface area contributed by atoms with E-state index < -0.39 is 0 Å². The number of likely N-dealkylation sites (tertiary alicyclic amines) is 4. The number of piperidine rings is 4. The number of nitrogens with zero attached hydrogens (tertiary/aromatic N) is 6. The molecule has 11 rings (SSSR count). The van der Waals surface area contributed by atoms with Crippen LogP contribution in [0.25, 0.3) is 0 Å². The molecule has 3 spiro atoms. The molecule has 8 aliphatic rings. The van der Waals surface area contributed by atoms with Gasteiger partial charge in [0.2, 0.25) is 17.7 Å². The molecule has 1 saturated carbocycles. The van der Waals surface area contributed by atoms with Crippen molar-refractivity contribution >= 4 is 29.5 Å². The summed E-state index contributed by atoms with van der Waals surface area (Å²) in [7, 11) is 3.61. The second-order valence-electron chi connectivity index (χ2n) is 34.4. The standard InChI is InChI=1S/C30H45N3O2.C27H42N2O2.C24H39N3O.2H2/c1-29(2,3)14-18-32-19-15-30(16-20-32)13-12-26(24-8-4-5-9-25(24)30)31-27(34)23-7-6-17-33(21-23)28(35)22-10-11-22;1-6-29(25(31)12-11-21(2)30)24-13-14-27(23-10-8-7-9-22(23)24)16-19-28(20-17-27)18-15-26(3,4)5;1-18(17-23(2,3)4)27-15-13-24(14-16-27)12-11-21(25-22(28)26(5)6)19-9-7-8-10-20(19)24;;/h4-5,8-9,22-23,26H,6-7,10-21H2,1-3H3,(H,31,34);7-10,24H,6,11-20H2,1-5H3;7-10,18,21H,11-17H2,1-6H3,(H,25,28);2*1H/t23?,26-;24-;18?,21-;;/m100../s1. The van der Waals surface area contributed by atoms with Crippen molar-refractivity contribution in [2.75, 3.05) is 86.1 Å². The van der Waals surface area contributed by atoms with E-state index in [-0.39, 0.29) is 78.6 Å². The van der Waals surface area contributed by atoms with Crippen LogP contribution in [0.4, 0.5) is 4.79 Å². The topological polar surface area (TPSA) is 129 Å². The van der Waals surface area contributed by atoms with Crippen molar-refractivity contribution in [2.45, 2.75) is 258 Å². The highest BCUT2D eigenvalue weighted by molar-refractivity contribution is 5.85. The molecule has 4 heterocycles. The molecule has 2 N–H and O–H groups in total. The van der Waals surface area contributed by atoms with Crippen LogP contribution in [0.5, 0.6) is 0 Å². The minimum absolute atomic E-state index is 0. The van der Waals surface area contributed by atoms with Gasteiger partial charge in [-0.15, -0.1) is 0 Å². The second kappa shape index (κ2) is 31.2. The molecule has 3 aromatic rings. The molecule has 5 fully saturated rings. The normalized spacial score (nSPS) is 23.8. The largest absolute Gasteiger partial charge is 0.349 e. The number of urea groups is 1. The fourth-order valence-corrected chi connectivity index (χ4v) is 17.5. The molecule has 0 bridgehead atoms. The average Bonchev–Trinajstić information content (AvgIpc) is 0.856. The van der Waals surface area contributed by atoms with Gasteiger partial charge in [0.25, 0.3) is 0 Å². The maximum atomic E-state index is 13.3. The van der Waals surface area contributed by atoms with Gasteiger partial charge in [0.1, 0.15) is 5.78 Å². The van der Waals surface area contributed by atoms with Gasteiger partial charge in [-0.3, -0.25) is 14.4 Å². The number of hydrogen-bond donors (Lipinski definition) is 2. The van der Waals surface area contributed by atoms with E-state index in [9.17, 15) is 24.0 Å². The first-order chi connectivity index (χ1) is 44.5. The number of amides is 5. The van der Waals surface area contributed by atoms with Crippen molar-refractivity contribution < 1.29 is 26.8 Å². The van der Waals surface area contributed by atoms with Crippen LogP contribution in [0.15, 0.2) is 72.8 Å². The Morgan fingerprint density at radius 2 is 1.01 bits per heavy atom. The molecule has 0 aromatic heterocycles. The lowest BCUT2D eigenvalue weighted by molar-refractivity contribution is -0.137. The SMILES string of the molecule is CC(C)(C)CCN1CCC2(CC[C@@H](NC(=O)C3CCCN(C(=O)C4CC4)C3)c3ccccc32)CC1.CC(CC(C)(C)C)N1CCC2(CC[C@H](NC(=O)N(C)C)c3ccccc32)CC1.CCN(C(=O)CCC(C)=O)[C@H]1CCC2(CCN(CCC(C)(C)C)CC2)c2ccccc21.[HH].[HH]. The third-order valence-electron chi connectivity index (χ3n) is 23.5. The fraction of sp³-hybridized carbons (Fsp3) is 0.716. The number of ketones is 1. The summed E-state index contributed by atoms with van der Waals surface area (Å²) in [4.78, 5) is 76.0. The van der Waals surface area contributed by atoms with Crippen LogP contribution in [0, 0.1) is 28.1 Å². The van der Waals surface area contributed by atoms with Crippen LogP contribution in [0.2, 0.25) is 0 Å². The van der Waals surface area contributed by atoms with Crippen LogP contribution in [0.1, 0.15) is 272 Å². The fourth-order valence-electron chi connectivity index (χ4n) is 17.5.